The number of rotatable bonds is 5. The Labute approximate surface area is 164 Å². The van der Waals surface area contributed by atoms with Gasteiger partial charge < -0.3 is 13.9 Å². The fourth-order valence-corrected chi connectivity index (χ4v) is 3.00. The zero-order chi connectivity index (χ0) is 18.6. The Morgan fingerprint density at radius 3 is 2.48 bits per heavy atom. The number of hydrogen-bond acceptors (Lipinski definition) is 4. The fourth-order valence-electron chi connectivity index (χ4n) is 2.64. The van der Waals surface area contributed by atoms with Gasteiger partial charge in [0.15, 0.2) is 0 Å². The van der Waals surface area contributed by atoms with Gasteiger partial charge in [-0.15, -0.1) is 0 Å². The van der Waals surface area contributed by atoms with Crippen molar-refractivity contribution in [2.45, 2.75) is 6.61 Å². The van der Waals surface area contributed by atoms with Crippen LogP contribution in [0.4, 0.5) is 0 Å². The molecule has 1 aromatic heterocycles. The Morgan fingerprint density at radius 2 is 1.67 bits per heavy atom. The van der Waals surface area contributed by atoms with Crippen molar-refractivity contribution in [3.63, 3.8) is 0 Å². The van der Waals surface area contributed by atoms with Crippen LogP contribution in [0.1, 0.15) is 5.56 Å². The molecule has 0 saturated carbocycles. The monoisotopic (exact) mass is 422 g/mol. The van der Waals surface area contributed by atoms with E-state index in [-0.39, 0.29) is 11.2 Å². The summed E-state index contributed by atoms with van der Waals surface area (Å²) in [6.45, 7) is 0.444. The molecule has 0 spiro atoms. The van der Waals surface area contributed by atoms with Crippen LogP contribution < -0.4 is 14.9 Å². The summed E-state index contributed by atoms with van der Waals surface area (Å²) in [5.74, 6) is 1.31. The van der Waals surface area contributed by atoms with Crippen LogP contribution in [0.15, 0.2) is 92.7 Å². The van der Waals surface area contributed by atoms with Crippen LogP contribution in [0.5, 0.6) is 17.2 Å². The maximum Gasteiger partial charge on any atom is 0.235 e. The van der Waals surface area contributed by atoms with Crippen molar-refractivity contribution in [1.29, 1.82) is 0 Å². The van der Waals surface area contributed by atoms with E-state index in [9.17, 15) is 4.79 Å². The molecule has 134 valence electrons. The van der Waals surface area contributed by atoms with Gasteiger partial charge in [-0.3, -0.25) is 4.79 Å². The number of fused-ring (bicyclic) bond motifs is 1. The molecule has 0 unspecified atom stereocenters. The van der Waals surface area contributed by atoms with E-state index in [0.29, 0.717) is 29.1 Å². The lowest BCUT2D eigenvalue weighted by atomic mass is 10.2. The summed E-state index contributed by atoms with van der Waals surface area (Å²) >= 11 is 3.40. The molecular formula is C22H15BrO4. The van der Waals surface area contributed by atoms with Gasteiger partial charge in [0.05, 0.1) is 9.86 Å². The predicted molar refractivity (Wildman–Crippen MR) is 107 cm³/mol. The number of hydrogen-bond donors (Lipinski definition) is 0. The smallest absolute Gasteiger partial charge is 0.235 e. The lowest BCUT2D eigenvalue weighted by Crippen LogP contribution is -2.05. The minimum Gasteiger partial charge on any atom is -0.489 e. The molecule has 27 heavy (non-hydrogen) atoms. The Morgan fingerprint density at radius 1 is 0.889 bits per heavy atom. The van der Waals surface area contributed by atoms with E-state index in [1.165, 1.54) is 6.26 Å². The first kappa shape index (κ1) is 17.4. The van der Waals surface area contributed by atoms with Gasteiger partial charge in [-0.05, 0) is 45.8 Å². The van der Waals surface area contributed by atoms with Gasteiger partial charge in [0.25, 0.3) is 0 Å². The lowest BCUT2D eigenvalue weighted by molar-refractivity contribution is 0.306. The zero-order valence-corrected chi connectivity index (χ0v) is 15.8. The molecule has 0 fully saturated rings. The summed E-state index contributed by atoms with van der Waals surface area (Å²) in [4.78, 5) is 12.7. The molecule has 0 amide bonds. The Hall–Kier alpha value is -3.05. The Kier molecular flexibility index (Phi) is 4.94. The first-order valence-electron chi connectivity index (χ1n) is 8.35. The van der Waals surface area contributed by atoms with Crippen LogP contribution in [0.3, 0.4) is 0 Å². The number of para-hydroxylation sites is 1. The average molecular weight is 423 g/mol. The van der Waals surface area contributed by atoms with E-state index >= 15 is 0 Å². The molecule has 0 saturated heterocycles. The summed E-state index contributed by atoms with van der Waals surface area (Å²) in [5, 5.41) is 0.437. The highest BCUT2D eigenvalue weighted by Gasteiger charge is 2.11. The van der Waals surface area contributed by atoms with Crippen LogP contribution in [0, 0.1) is 0 Å². The number of halogens is 1. The summed E-state index contributed by atoms with van der Waals surface area (Å²) in [6.07, 6.45) is 1.32. The van der Waals surface area contributed by atoms with Gasteiger partial charge in [0.2, 0.25) is 11.2 Å². The maximum absolute atomic E-state index is 12.7. The molecule has 5 heteroatoms. The van der Waals surface area contributed by atoms with Crippen LogP contribution >= 0.6 is 15.9 Å². The second-order valence-corrected chi connectivity index (χ2v) is 6.75. The molecule has 3 aromatic carbocycles. The molecule has 0 N–H and O–H groups in total. The SMILES string of the molecule is O=c1c(Oc2ccccc2Br)coc2cc(OCc3ccccc3)ccc12. The van der Waals surface area contributed by atoms with E-state index in [1.807, 2.05) is 48.5 Å². The minimum atomic E-state index is -0.235. The van der Waals surface area contributed by atoms with Gasteiger partial charge >= 0.3 is 0 Å². The van der Waals surface area contributed by atoms with Crippen LogP contribution in [-0.2, 0) is 6.61 Å². The molecule has 4 rings (SSSR count). The van der Waals surface area contributed by atoms with Gasteiger partial charge in [-0.25, -0.2) is 0 Å². The molecule has 0 aliphatic heterocycles. The van der Waals surface area contributed by atoms with Gasteiger partial charge in [0, 0.05) is 6.07 Å². The van der Waals surface area contributed by atoms with E-state index in [1.54, 1.807) is 24.3 Å². The van der Waals surface area contributed by atoms with Gasteiger partial charge in [-0.1, -0.05) is 42.5 Å². The van der Waals surface area contributed by atoms with Gasteiger partial charge in [-0.2, -0.15) is 0 Å². The van der Waals surface area contributed by atoms with E-state index in [0.717, 1.165) is 10.0 Å². The van der Waals surface area contributed by atoms with Crippen LogP contribution in [0.2, 0.25) is 0 Å². The van der Waals surface area contributed by atoms with Crippen molar-refractivity contribution >= 4 is 26.9 Å². The summed E-state index contributed by atoms with van der Waals surface area (Å²) in [6, 6.07) is 22.3. The molecule has 0 radical (unpaired) electrons. The van der Waals surface area contributed by atoms with Crippen molar-refractivity contribution in [3.05, 3.63) is 99.3 Å². The topological polar surface area (TPSA) is 48.7 Å². The van der Waals surface area contributed by atoms with Crippen molar-refractivity contribution in [3.8, 4) is 17.2 Å². The standard InChI is InChI=1S/C22H15BrO4/c23-18-8-4-5-9-19(18)27-21-14-26-20-12-16(10-11-17(20)22(21)24)25-13-15-6-2-1-3-7-15/h1-12,14H,13H2. The highest BCUT2D eigenvalue weighted by molar-refractivity contribution is 9.10. The summed E-state index contributed by atoms with van der Waals surface area (Å²) in [7, 11) is 0. The third kappa shape index (κ3) is 3.88. The molecule has 4 aromatic rings. The molecule has 4 nitrogen and oxygen atoms in total. The summed E-state index contributed by atoms with van der Waals surface area (Å²) < 4.78 is 17.8. The first-order valence-corrected chi connectivity index (χ1v) is 9.15. The molecule has 0 aliphatic carbocycles. The highest BCUT2D eigenvalue weighted by atomic mass is 79.9. The molecule has 1 heterocycles. The van der Waals surface area contributed by atoms with Crippen LogP contribution in [-0.4, -0.2) is 0 Å². The largest absolute Gasteiger partial charge is 0.489 e. The third-order valence-corrected chi connectivity index (χ3v) is 4.67. The van der Waals surface area contributed by atoms with Crippen molar-refractivity contribution in [1.82, 2.24) is 0 Å². The highest BCUT2D eigenvalue weighted by Crippen LogP contribution is 2.29. The lowest BCUT2D eigenvalue weighted by Gasteiger charge is -2.09. The fraction of sp³-hybridized carbons (Fsp3) is 0.0455. The quantitative estimate of drug-likeness (QED) is 0.400. The molecule has 0 bridgehead atoms. The normalized spacial score (nSPS) is 10.7. The van der Waals surface area contributed by atoms with Crippen molar-refractivity contribution < 1.29 is 13.9 Å². The number of benzene rings is 3. The van der Waals surface area contributed by atoms with Crippen molar-refractivity contribution in [2.75, 3.05) is 0 Å². The second kappa shape index (κ2) is 7.68. The van der Waals surface area contributed by atoms with Crippen LogP contribution in [0.25, 0.3) is 11.0 Å². The molecule has 0 aliphatic rings. The Bertz CT molecular complexity index is 1140. The second-order valence-electron chi connectivity index (χ2n) is 5.89. The minimum absolute atomic E-state index is 0.132. The van der Waals surface area contributed by atoms with E-state index in [2.05, 4.69) is 15.9 Å². The average Bonchev–Trinajstić information content (AvgIpc) is 2.71. The van der Waals surface area contributed by atoms with E-state index in [4.69, 9.17) is 13.9 Å². The molecular weight excluding hydrogens is 408 g/mol. The third-order valence-electron chi connectivity index (χ3n) is 4.02. The molecule has 0 atom stereocenters. The summed E-state index contributed by atoms with van der Waals surface area (Å²) in [5.41, 5.74) is 1.28. The Balaban J connectivity index is 1.59. The van der Waals surface area contributed by atoms with Gasteiger partial charge in [0.1, 0.15) is 30.0 Å². The number of ether oxygens (including phenoxy) is 2. The van der Waals surface area contributed by atoms with Crippen molar-refractivity contribution in [2.24, 2.45) is 0 Å². The maximum atomic E-state index is 12.7. The zero-order valence-electron chi connectivity index (χ0n) is 14.2. The predicted octanol–water partition coefficient (Wildman–Crippen LogP) is 5.93. The first-order chi connectivity index (χ1) is 13.2. The van der Waals surface area contributed by atoms with E-state index < -0.39 is 0 Å².